The van der Waals surface area contributed by atoms with Crippen LogP contribution >= 0.6 is 0 Å². The number of amides is 1. The number of hydrogen-bond acceptors (Lipinski definition) is 2. The van der Waals surface area contributed by atoms with Crippen LogP contribution in [0.5, 0.6) is 0 Å². The van der Waals surface area contributed by atoms with E-state index in [4.69, 9.17) is 5.73 Å². The van der Waals surface area contributed by atoms with E-state index in [1.54, 1.807) is 12.1 Å². The normalized spacial score (nSPS) is 9.12. The van der Waals surface area contributed by atoms with Crippen LogP contribution in [-0.2, 0) is 0 Å². The molecule has 0 fully saturated rings. The summed E-state index contributed by atoms with van der Waals surface area (Å²) < 4.78 is 0. The van der Waals surface area contributed by atoms with Crippen molar-refractivity contribution >= 4 is 5.91 Å². The van der Waals surface area contributed by atoms with Gasteiger partial charge in [0.2, 0.25) is 0 Å². The van der Waals surface area contributed by atoms with Crippen LogP contribution in [0.2, 0.25) is 0 Å². The van der Waals surface area contributed by atoms with Gasteiger partial charge in [-0.05, 0) is 24.6 Å². The lowest BCUT2D eigenvalue weighted by atomic mass is 10.1. The third-order valence-corrected chi connectivity index (χ3v) is 2.00. The lowest BCUT2D eigenvalue weighted by Crippen LogP contribution is -2.23. The molecule has 3 N–H and O–H groups in total. The standard InChI is InChI=1S/C13H16N2O/c1-2-9-15-13(16)12-7-3-5-11(10-12)6-4-8-14/h3,5,7,10H,2,8-9,14H2,1H3,(H,15,16). The lowest BCUT2D eigenvalue weighted by molar-refractivity contribution is 0.0953. The molecule has 1 aromatic rings. The summed E-state index contributed by atoms with van der Waals surface area (Å²) in [5.41, 5.74) is 6.74. The number of nitrogens with one attached hydrogen (secondary N) is 1. The Morgan fingerprint density at radius 3 is 3.00 bits per heavy atom. The van der Waals surface area contributed by atoms with Crippen LogP contribution in [0.15, 0.2) is 24.3 Å². The third kappa shape index (κ3) is 3.76. The first-order valence-corrected chi connectivity index (χ1v) is 5.35. The van der Waals surface area contributed by atoms with Gasteiger partial charge in [0.1, 0.15) is 0 Å². The molecule has 3 heteroatoms. The van der Waals surface area contributed by atoms with Gasteiger partial charge in [-0.25, -0.2) is 0 Å². The maximum Gasteiger partial charge on any atom is 0.251 e. The molecule has 3 nitrogen and oxygen atoms in total. The van der Waals surface area contributed by atoms with E-state index >= 15 is 0 Å². The number of rotatable bonds is 3. The van der Waals surface area contributed by atoms with Crippen LogP contribution in [0.1, 0.15) is 29.3 Å². The van der Waals surface area contributed by atoms with Gasteiger partial charge in [-0.15, -0.1) is 0 Å². The Balaban J connectivity index is 2.77. The Labute approximate surface area is 96.0 Å². The van der Waals surface area contributed by atoms with Crippen LogP contribution in [0.4, 0.5) is 0 Å². The molecule has 0 saturated heterocycles. The fourth-order valence-corrected chi connectivity index (χ4v) is 1.23. The van der Waals surface area contributed by atoms with E-state index in [0.717, 1.165) is 12.0 Å². The number of hydrogen-bond donors (Lipinski definition) is 2. The average Bonchev–Trinajstić information content (AvgIpc) is 2.33. The highest BCUT2D eigenvalue weighted by molar-refractivity contribution is 5.94. The molecule has 1 amide bonds. The summed E-state index contributed by atoms with van der Waals surface area (Å²) in [5, 5.41) is 2.82. The molecule has 0 unspecified atom stereocenters. The fourth-order valence-electron chi connectivity index (χ4n) is 1.23. The summed E-state index contributed by atoms with van der Waals surface area (Å²) in [6.45, 7) is 3.03. The van der Waals surface area contributed by atoms with Gasteiger partial charge in [0, 0.05) is 17.7 Å². The molecule has 84 valence electrons. The van der Waals surface area contributed by atoms with Gasteiger partial charge in [-0.2, -0.15) is 0 Å². The van der Waals surface area contributed by atoms with Crippen molar-refractivity contribution in [2.24, 2.45) is 5.73 Å². The van der Waals surface area contributed by atoms with Gasteiger partial charge >= 0.3 is 0 Å². The van der Waals surface area contributed by atoms with Crippen molar-refractivity contribution in [2.45, 2.75) is 13.3 Å². The summed E-state index contributed by atoms with van der Waals surface area (Å²) in [5.74, 6) is 5.60. The Bertz CT molecular complexity index is 415. The minimum Gasteiger partial charge on any atom is -0.352 e. The predicted molar refractivity (Wildman–Crippen MR) is 65.0 cm³/mol. The quantitative estimate of drug-likeness (QED) is 0.744. The van der Waals surface area contributed by atoms with Crippen molar-refractivity contribution < 1.29 is 4.79 Å². The Morgan fingerprint density at radius 1 is 1.50 bits per heavy atom. The van der Waals surface area contributed by atoms with Gasteiger partial charge < -0.3 is 11.1 Å². The second-order valence-electron chi connectivity index (χ2n) is 3.34. The van der Waals surface area contributed by atoms with Gasteiger partial charge in [-0.3, -0.25) is 4.79 Å². The number of carbonyl (C=O) groups excluding carboxylic acids is 1. The molecule has 0 aliphatic heterocycles. The Morgan fingerprint density at radius 2 is 2.31 bits per heavy atom. The van der Waals surface area contributed by atoms with Crippen molar-refractivity contribution in [2.75, 3.05) is 13.1 Å². The monoisotopic (exact) mass is 216 g/mol. The summed E-state index contributed by atoms with van der Waals surface area (Å²) in [6, 6.07) is 7.23. The molecule has 0 radical (unpaired) electrons. The van der Waals surface area contributed by atoms with E-state index in [2.05, 4.69) is 17.2 Å². The molecule has 0 spiro atoms. The maximum atomic E-state index is 11.6. The van der Waals surface area contributed by atoms with Crippen LogP contribution in [-0.4, -0.2) is 19.0 Å². The minimum atomic E-state index is -0.0572. The van der Waals surface area contributed by atoms with Crippen molar-refractivity contribution in [3.05, 3.63) is 35.4 Å². The van der Waals surface area contributed by atoms with Gasteiger partial charge in [0.15, 0.2) is 0 Å². The van der Waals surface area contributed by atoms with Gasteiger partial charge in [0.05, 0.1) is 6.54 Å². The predicted octanol–water partition coefficient (Wildman–Crippen LogP) is 1.14. The van der Waals surface area contributed by atoms with E-state index in [-0.39, 0.29) is 5.91 Å². The molecule has 1 aromatic carbocycles. The van der Waals surface area contributed by atoms with Gasteiger partial charge in [-0.1, -0.05) is 24.8 Å². The van der Waals surface area contributed by atoms with Crippen molar-refractivity contribution in [1.29, 1.82) is 0 Å². The summed E-state index contributed by atoms with van der Waals surface area (Å²) in [7, 11) is 0. The van der Waals surface area contributed by atoms with Gasteiger partial charge in [0.25, 0.3) is 5.91 Å². The highest BCUT2D eigenvalue weighted by atomic mass is 16.1. The van der Waals surface area contributed by atoms with E-state index in [1.807, 2.05) is 19.1 Å². The van der Waals surface area contributed by atoms with E-state index in [1.165, 1.54) is 0 Å². The third-order valence-electron chi connectivity index (χ3n) is 2.00. The first-order chi connectivity index (χ1) is 7.77. The molecular formula is C13H16N2O. The minimum absolute atomic E-state index is 0.0572. The maximum absolute atomic E-state index is 11.6. The molecule has 1 rings (SSSR count). The SMILES string of the molecule is CCCNC(=O)c1cccc(C#CCN)c1. The molecule has 0 atom stereocenters. The number of carbonyl (C=O) groups is 1. The van der Waals surface area contributed by atoms with E-state index in [9.17, 15) is 4.79 Å². The largest absolute Gasteiger partial charge is 0.352 e. The Kier molecular flexibility index (Phi) is 5.10. The second-order valence-corrected chi connectivity index (χ2v) is 3.34. The zero-order valence-electron chi connectivity index (χ0n) is 9.42. The van der Waals surface area contributed by atoms with Crippen molar-refractivity contribution in [1.82, 2.24) is 5.32 Å². The summed E-state index contributed by atoms with van der Waals surface area (Å²) >= 11 is 0. The van der Waals surface area contributed by atoms with Crippen LogP contribution in [0.25, 0.3) is 0 Å². The first-order valence-electron chi connectivity index (χ1n) is 5.35. The van der Waals surface area contributed by atoms with Crippen LogP contribution in [0.3, 0.4) is 0 Å². The fraction of sp³-hybridized carbons (Fsp3) is 0.308. The summed E-state index contributed by atoms with van der Waals surface area (Å²) in [4.78, 5) is 11.6. The lowest BCUT2D eigenvalue weighted by Gasteiger charge is -2.03. The van der Waals surface area contributed by atoms with Crippen molar-refractivity contribution in [3.8, 4) is 11.8 Å². The molecule has 0 aromatic heterocycles. The smallest absolute Gasteiger partial charge is 0.251 e. The van der Waals surface area contributed by atoms with Crippen LogP contribution in [0, 0.1) is 11.8 Å². The molecule has 0 saturated carbocycles. The Hall–Kier alpha value is -1.79. The molecule has 0 aliphatic carbocycles. The molecule has 0 aliphatic rings. The second kappa shape index (κ2) is 6.65. The average molecular weight is 216 g/mol. The zero-order valence-corrected chi connectivity index (χ0v) is 9.42. The highest BCUT2D eigenvalue weighted by Gasteiger charge is 2.03. The topological polar surface area (TPSA) is 55.1 Å². The number of nitrogens with two attached hydrogens (primary N) is 1. The number of benzene rings is 1. The van der Waals surface area contributed by atoms with E-state index < -0.39 is 0 Å². The van der Waals surface area contributed by atoms with Crippen LogP contribution < -0.4 is 11.1 Å². The first kappa shape index (κ1) is 12.3. The molecule has 0 heterocycles. The zero-order chi connectivity index (χ0) is 11.8. The molecule has 16 heavy (non-hydrogen) atoms. The highest BCUT2D eigenvalue weighted by Crippen LogP contribution is 2.03. The van der Waals surface area contributed by atoms with E-state index in [0.29, 0.717) is 18.7 Å². The summed E-state index contributed by atoms with van der Waals surface area (Å²) in [6.07, 6.45) is 0.929. The molecule has 0 bridgehead atoms. The molecular weight excluding hydrogens is 200 g/mol. The van der Waals surface area contributed by atoms with Crippen molar-refractivity contribution in [3.63, 3.8) is 0 Å².